The third-order valence-electron chi connectivity index (χ3n) is 6.29. The van der Waals surface area contributed by atoms with Gasteiger partial charge < -0.3 is 14.6 Å². The molecule has 6 nitrogen and oxygen atoms in total. The van der Waals surface area contributed by atoms with Crippen LogP contribution in [0.25, 0.3) is 11.3 Å². The number of carbonyl (C=O) groups is 1. The van der Waals surface area contributed by atoms with Crippen molar-refractivity contribution in [2.45, 2.75) is 39.2 Å². The lowest BCUT2D eigenvalue weighted by Gasteiger charge is -2.14. The summed E-state index contributed by atoms with van der Waals surface area (Å²) in [4.78, 5) is 15.2. The van der Waals surface area contributed by atoms with Crippen LogP contribution in [0.4, 0.5) is 0 Å². The quantitative estimate of drug-likeness (QED) is 0.630. The van der Waals surface area contributed by atoms with E-state index in [0.717, 1.165) is 65.6 Å². The topological polar surface area (TPSA) is 63.3 Å². The van der Waals surface area contributed by atoms with Crippen molar-refractivity contribution in [3.8, 4) is 11.3 Å². The Hall–Kier alpha value is -2.57. The highest BCUT2D eigenvalue weighted by Gasteiger charge is 2.29. The van der Waals surface area contributed by atoms with E-state index in [0.29, 0.717) is 18.8 Å². The van der Waals surface area contributed by atoms with Gasteiger partial charge in [0, 0.05) is 41.9 Å². The summed E-state index contributed by atoms with van der Waals surface area (Å²) in [5, 5.41) is 8.60. The van der Waals surface area contributed by atoms with Crippen molar-refractivity contribution >= 4 is 17.5 Å². The van der Waals surface area contributed by atoms with Crippen LogP contribution in [-0.4, -0.2) is 46.8 Å². The molecule has 0 spiro atoms. The molecule has 31 heavy (non-hydrogen) atoms. The minimum atomic E-state index is -0.131. The van der Waals surface area contributed by atoms with Gasteiger partial charge in [-0.2, -0.15) is 5.10 Å². The number of halogens is 1. The number of nitrogens with one attached hydrogen (secondary N) is 1. The fourth-order valence-corrected chi connectivity index (χ4v) is 4.78. The minimum Gasteiger partial charge on any atom is -0.455 e. The summed E-state index contributed by atoms with van der Waals surface area (Å²) < 4.78 is 7.99. The van der Waals surface area contributed by atoms with Gasteiger partial charge in [-0.05, 0) is 62.5 Å². The highest BCUT2D eigenvalue weighted by molar-refractivity contribution is 6.30. The van der Waals surface area contributed by atoms with Crippen LogP contribution < -0.4 is 5.32 Å². The summed E-state index contributed by atoms with van der Waals surface area (Å²) in [5.74, 6) is 1.16. The van der Waals surface area contributed by atoms with E-state index < -0.39 is 0 Å². The van der Waals surface area contributed by atoms with E-state index in [1.165, 1.54) is 18.4 Å². The first-order chi connectivity index (χ1) is 15.1. The predicted molar refractivity (Wildman–Crippen MR) is 121 cm³/mol. The first-order valence-corrected chi connectivity index (χ1v) is 11.4. The number of aryl methyl sites for hydroxylation is 2. The van der Waals surface area contributed by atoms with Crippen LogP contribution in [0.15, 0.2) is 34.9 Å². The van der Waals surface area contributed by atoms with Crippen molar-refractivity contribution in [1.29, 1.82) is 0 Å². The molecule has 1 amide bonds. The van der Waals surface area contributed by atoms with Crippen LogP contribution in [0.2, 0.25) is 5.02 Å². The molecule has 1 saturated heterocycles. The molecule has 0 radical (unpaired) electrons. The van der Waals surface area contributed by atoms with Crippen molar-refractivity contribution < 1.29 is 9.21 Å². The van der Waals surface area contributed by atoms with Gasteiger partial charge in [-0.1, -0.05) is 23.7 Å². The largest absolute Gasteiger partial charge is 0.455 e. The second kappa shape index (κ2) is 8.52. The number of likely N-dealkylation sites (tertiary alicyclic amines) is 1. The number of fused-ring (bicyclic) bond motifs is 3. The summed E-state index contributed by atoms with van der Waals surface area (Å²) in [6.07, 6.45) is 6.27. The third-order valence-corrected chi connectivity index (χ3v) is 6.54. The first kappa shape index (κ1) is 20.3. The van der Waals surface area contributed by atoms with E-state index in [9.17, 15) is 4.79 Å². The zero-order valence-corrected chi connectivity index (χ0v) is 18.5. The number of hydrogen-bond acceptors (Lipinski definition) is 4. The van der Waals surface area contributed by atoms with Gasteiger partial charge >= 0.3 is 0 Å². The second-order valence-corrected chi connectivity index (χ2v) is 8.92. The lowest BCUT2D eigenvalue weighted by molar-refractivity contribution is 0.0919. The van der Waals surface area contributed by atoms with Crippen molar-refractivity contribution in [3.63, 3.8) is 0 Å². The highest BCUT2D eigenvalue weighted by Crippen LogP contribution is 2.38. The molecule has 0 bridgehead atoms. The summed E-state index contributed by atoms with van der Waals surface area (Å²) in [6, 6.07) is 7.82. The van der Waals surface area contributed by atoms with Gasteiger partial charge in [-0.25, -0.2) is 0 Å². The average molecular weight is 439 g/mol. The van der Waals surface area contributed by atoms with Crippen molar-refractivity contribution in [3.05, 3.63) is 63.7 Å². The van der Waals surface area contributed by atoms with Crippen LogP contribution in [-0.2, 0) is 19.4 Å². The molecule has 3 aromatic rings. The lowest BCUT2D eigenvalue weighted by Crippen LogP contribution is -2.33. The standard InChI is InChI=1S/C24H27ClN4O2/c1-16-21-20(31-23(16)24(30)26-10-13-28-11-2-3-12-28)9-6-18-15-29(27-22(18)21)14-17-4-7-19(25)8-5-17/h4-5,7-8,15H,2-3,6,9-14H2,1H3,(H,26,30). The maximum Gasteiger partial charge on any atom is 0.287 e. The Morgan fingerprint density at radius 1 is 1.19 bits per heavy atom. The fraction of sp³-hybridized carbons (Fsp3) is 0.417. The van der Waals surface area contributed by atoms with Gasteiger partial charge in [0.25, 0.3) is 5.91 Å². The Bertz CT molecular complexity index is 1090. The fourth-order valence-electron chi connectivity index (χ4n) is 4.65. The monoisotopic (exact) mass is 438 g/mol. The number of rotatable bonds is 6. The van der Waals surface area contributed by atoms with Crippen molar-refractivity contribution in [2.75, 3.05) is 26.2 Å². The van der Waals surface area contributed by atoms with E-state index in [1.807, 2.05) is 35.9 Å². The Morgan fingerprint density at radius 2 is 1.97 bits per heavy atom. The molecule has 1 aliphatic carbocycles. The smallest absolute Gasteiger partial charge is 0.287 e. The van der Waals surface area contributed by atoms with Crippen LogP contribution in [0.5, 0.6) is 0 Å². The molecule has 5 rings (SSSR count). The number of carbonyl (C=O) groups excluding carboxylic acids is 1. The van der Waals surface area contributed by atoms with Gasteiger partial charge in [0.15, 0.2) is 5.76 Å². The molecule has 0 unspecified atom stereocenters. The Morgan fingerprint density at radius 3 is 2.74 bits per heavy atom. The number of aromatic nitrogens is 2. The van der Waals surface area contributed by atoms with Crippen LogP contribution in [0.3, 0.4) is 0 Å². The van der Waals surface area contributed by atoms with Gasteiger partial charge in [0.05, 0.1) is 12.2 Å². The maximum absolute atomic E-state index is 12.8. The van der Waals surface area contributed by atoms with Gasteiger partial charge in [0.1, 0.15) is 5.76 Å². The number of hydrogen-bond donors (Lipinski definition) is 1. The molecule has 1 N–H and O–H groups in total. The minimum absolute atomic E-state index is 0.131. The number of furan rings is 1. The number of amides is 1. The zero-order chi connectivity index (χ0) is 21.4. The molecule has 1 fully saturated rings. The lowest BCUT2D eigenvalue weighted by atomic mass is 9.93. The molecule has 1 aromatic carbocycles. The van der Waals surface area contributed by atoms with Gasteiger partial charge in [-0.15, -0.1) is 0 Å². The summed E-state index contributed by atoms with van der Waals surface area (Å²) >= 11 is 6.00. The van der Waals surface area contributed by atoms with Crippen LogP contribution in [0, 0.1) is 6.92 Å². The van der Waals surface area contributed by atoms with Gasteiger partial charge in [-0.3, -0.25) is 9.48 Å². The molecular weight excluding hydrogens is 412 g/mol. The molecule has 2 aliphatic rings. The Kier molecular flexibility index (Phi) is 5.59. The summed E-state index contributed by atoms with van der Waals surface area (Å²) in [6.45, 7) is 6.44. The third kappa shape index (κ3) is 4.14. The van der Waals surface area contributed by atoms with E-state index in [-0.39, 0.29) is 5.91 Å². The van der Waals surface area contributed by atoms with Crippen molar-refractivity contribution in [1.82, 2.24) is 20.0 Å². The zero-order valence-electron chi connectivity index (χ0n) is 17.8. The summed E-state index contributed by atoms with van der Waals surface area (Å²) in [7, 11) is 0. The molecule has 0 atom stereocenters. The first-order valence-electron chi connectivity index (χ1n) is 11.0. The maximum atomic E-state index is 12.8. The second-order valence-electron chi connectivity index (χ2n) is 8.49. The average Bonchev–Trinajstić information content (AvgIpc) is 3.48. The highest BCUT2D eigenvalue weighted by atomic mass is 35.5. The van der Waals surface area contributed by atoms with Gasteiger partial charge in [0.2, 0.25) is 0 Å². The normalized spacial score (nSPS) is 15.7. The predicted octanol–water partition coefficient (Wildman–Crippen LogP) is 4.08. The molecule has 0 saturated carbocycles. The van der Waals surface area contributed by atoms with E-state index in [4.69, 9.17) is 21.1 Å². The SMILES string of the molecule is Cc1c(C(=O)NCCN2CCCC2)oc2c1-c1nn(Cc3ccc(Cl)cc3)cc1CC2. The number of nitrogens with zero attached hydrogens (tertiary/aromatic N) is 3. The molecule has 2 aromatic heterocycles. The molecule has 7 heteroatoms. The van der Waals surface area contributed by atoms with E-state index >= 15 is 0 Å². The van der Waals surface area contributed by atoms with Crippen LogP contribution >= 0.6 is 11.6 Å². The number of benzene rings is 1. The van der Waals surface area contributed by atoms with Crippen LogP contribution in [0.1, 0.15) is 45.8 Å². The molecule has 1 aliphatic heterocycles. The molecule has 162 valence electrons. The van der Waals surface area contributed by atoms with E-state index in [2.05, 4.69) is 16.4 Å². The Balaban J connectivity index is 1.33. The van der Waals surface area contributed by atoms with E-state index in [1.54, 1.807) is 0 Å². The van der Waals surface area contributed by atoms with Crippen molar-refractivity contribution in [2.24, 2.45) is 0 Å². The summed E-state index contributed by atoms with van der Waals surface area (Å²) in [5.41, 5.74) is 5.15. The Labute approximate surface area is 187 Å². The molecule has 3 heterocycles. The molecular formula is C24H27ClN4O2.